The third-order valence-electron chi connectivity index (χ3n) is 5.69. The number of thiocarbonyl (C=S) groups is 1. The van der Waals surface area contributed by atoms with Gasteiger partial charge in [0, 0.05) is 30.1 Å². The summed E-state index contributed by atoms with van der Waals surface area (Å²) in [5, 5.41) is 7.68. The molecule has 0 spiro atoms. The monoisotopic (exact) mass is 522 g/mol. The minimum Gasteiger partial charge on any atom is -0.459 e. The van der Waals surface area contributed by atoms with Crippen LogP contribution >= 0.6 is 35.4 Å². The molecule has 0 radical (unpaired) electrons. The summed E-state index contributed by atoms with van der Waals surface area (Å²) in [6.07, 6.45) is 1.76. The van der Waals surface area contributed by atoms with Crippen LogP contribution < -0.4 is 15.5 Å². The van der Waals surface area contributed by atoms with Gasteiger partial charge in [-0.2, -0.15) is 0 Å². The Morgan fingerprint density at radius 2 is 1.86 bits per heavy atom. The van der Waals surface area contributed by atoms with Crippen LogP contribution in [0.3, 0.4) is 0 Å². The predicted octanol–water partition coefficient (Wildman–Crippen LogP) is 6.78. The molecule has 1 saturated heterocycles. The van der Waals surface area contributed by atoms with Crippen molar-refractivity contribution in [2.75, 3.05) is 10.2 Å². The Kier molecular flexibility index (Phi) is 6.47. The van der Waals surface area contributed by atoms with Crippen LogP contribution in [0.15, 0.2) is 83.4 Å². The van der Waals surface area contributed by atoms with Gasteiger partial charge in [-0.1, -0.05) is 29.3 Å². The topological polar surface area (TPSA) is 70.4 Å². The van der Waals surface area contributed by atoms with Gasteiger partial charge in [0.1, 0.15) is 17.6 Å². The highest BCUT2D eigenvalue weighted by Crippen LogP contribution is 2.43. The molecule has 5 rings (SSSR count). The molecular weight excluding hydrogens is 503 g/mol. The normalized spacial score (nSPS) is 17.3. The van der Waals surface area contributed by atoms with Crippen LogP contribution in [0, 0.1) is 0 Å². The number of halogens is 2. The first-order valence-corrected chi connectivity index (χ1v) is 12.0. The van der Waals surface area contributed by atoms with Crippen molar-refractivity contribution in [1.82, 2.24) is 10.3 Å². The van der Waals surface area contributed by atoms with Crippen molar-refractivity contribution in [3.05, 3.63) is 100 Å². The van der Waals surface area contributed by atoms with Crippen LogP contribution in [-0.4, -0.2) is 16.0 Å². The Balaban J connectivity index is 1.55. The van der Waals surface area contributed by atoms with Crippen LogP contribution in [0.25, 0.3) is 11.3 Å². The molecule has 0 aliphatic carbocycles. The number of nitrogens with one attached hydrogen (secondary N) is 2. The van der Waals surface area contributed by atoms with E-state index >= 15 is 0 Å². The van der Waals surface area contributed by atoms with Crippen molar-refractivity contribution in [1.29, 1.82) is 0 Å². The van der Waals surface area contributed by atoms with E-state index in [1.807, 2.05) is 65.6 Å². The lowest BCUT2D eigenvalue weighted by molar-refractivity contribution is -0.114. The van der Waals surface area contributed by atoms with Crippen LogP contribution in [0.1, 0.15) is 30.5 Å². The fraction of sp³-hybridized carbons (Fsp3) is 0.115. The average molecular weight is 523 g/mol. The molecular formula is C26H20Cl2N4O2S. The summed E-state index contributed by atoms with van der Waals surface area (Å²) in [4.78, 5) is 18.0. The van der Waals surface area contributed by atoms with Crippen molar-refractivity contribution in [3.63, 3.8) is 0 Å². The van der Waals surface area contributed by atoms with Gasteiger partial charge in [0.05, 0.1) is 21.8 Å². The largest absolute Gasteiger partial charge is 0.459 e. The van der Waals surface area contributed by atoms with Gasteiger partial charge in [0.25, 0.3) is 0 Å². The molecule has 4 aromatic rings. The molecule has 1 fully saturated rings. The van der Waals surface area contributed by atoms with Crippen molar-refractivity contribution in [2.45, 2.75) is 19.0 Å². The highest BCUT2D eigenvalue weighted by atomic mass is 35.5. The zero-order chi connectivity index (χ0) is 24.5. The predicted molar refractivity (Wildman–Crippen MR) is 143 cm³/mol. The molecule has 0 saturated carbocycles. The molecule has 1 aliphatic heterocycles. The fourth-order valence-corrected chi connectivity index (χ4v) is 4.79. The maximum absolute atomic E-state index is 11.4. The molecule has 3 heterocycles. The number of amides is 1. The van der Waals surface area contributed by atoms with Crippen molar-refractivity contribution in [2.24, 2.45) is 0 Å². The fourth-order valence-electron chi connectivity index (χ4n) is 4.15. The third-order valence-corrected chi connectivity index (χ3v) is 6.74. The summed E-state index contributed by atoms with van der Waals surface area (Å²) in [5.74, 6) is 1.24. The van der Waals surface area contributed by atoms with Gasteiger partial charge in [-0.15, -0.1) is 0 Å². The Bertz CT molecular complexity index is 1390. The Morgan fingerprint density at radius 1 is 1.06 bits per heavy atom. The number of pyridine rings is 1. The lowest BCUT2D eigenvalue weighted by atomic mass is 10.0. The quantitative estimate of drug-likeness (QED) is 0.281. The first-order valence-electron chi connectivity index (χ1n) is 10.8. The number of anilines is 2. The molecule has 0 unspecified atom stereocenters. The molecule has 0 bridgehead atoms. The smallest absolute Gasteiger partial charge is 0.221 e. The third kappa shape index (κ3) is 4.75. The maximum Gasteiger partial charge on any atom is 0.221 e. The first-order chi connectivity index (χ1) is 16.9. The van der Waals surface area contributed by atoms with Gasteiger partial charge < -0.3 is 20.0 Å². The van der Waals surface area contributed by atoms with Crippen LogP contribution in [0.2, 0.25) is 10.0 Å². The average Bonchev–Trinajstić information content (AvgIpc) is 3.46. The van der Waals surface area contributed by atoms with Gasteiger partial charge in [-0.3, -0.25) is 9.78 Å². The number of rotatable bonds is 5. The standard InChI is InChI=1S/C26H20Cl2N4O2S/c1-15(33)30-17-6-8-18(9-7-17)32-25(24(31-26(32)35)21-4-2-3-13-29-21)23-12-11-22(34-23)16-5-10-19(27)20(28)14-16/h2-14,24-25H,1H3,(H,30,33)(H,31,35)/t24-,25+/m0/s1. The number of hydrogen-bond donors (Lipinski definition) is 2. The van der Waals surface area contributed by atoms with Gasteiger partial charge in [0.15, 0.2) is 5.11 Å². The summed E-state index contributed by atoms with van der Waals surface area (Å²) in [6, 6.07) is 22.0. The lowest BCUT2D eigenvalue weighted by Gasteiger charge is -2.26. The molecule has 2 atom stereocenters. The maximum atomic E-state index is 11.4. The number of furan rings is 1. The van der Waals surface area contributed by atoms with E-state index < -0.39 is 0 Å². The number of hydrogen-bond acceptors (Lipinski definition) is 4. The molecule has 2 aromatic heterocycles. The SMILES string of the molecule is CC(=O)Nc1ccc(N2C(=S)N[C@@H](c3ccccn3)[C@H]2c2ccc(-c3ccc(Cl)c(Cl)c3)o2)cc1. The van der Waals surface area contributed by atoms with Gasteiger partial charge in [0.2, 0.25) is 5.91 Å². The van der Waals surface area contributed by atoms with E-state index in [1.54, 1.807) is 18.3 Å². The molecule has 9 heteroatoms. The molecule has 6 nitrogen and oxygen atoms in total. The first kappa shape index (κ1) is 23.4. The Hall–Kier alpha value is -3.39. The van der Waals surface area contributed by atoms with E-state index in [-0.39, 0.29) is 18.0 Å². The number of carbonyl (C=O) groups excluding carboxylic acids is 1. The molecule has 176 valence electrons. The molecule has 1 aliphatic rings. The Morgan fingerprint density at radius 3 is 2.54 bits per heavy atom. The zero-order valence-corrected chi connectivity index (χ0v) is 20.9. The van der Waals surface area contributed by atoms with Crippen molar-refractivity contribution in [3.8, 4) is 11.3 Å². The van der Waals surface area contributed by atoms with E-state index in [1.165, 1.54) is 6.92 Å². The summed E-state index contributed by atoms with van der Waals surface area (Å²) < 4.78 is 6.35. The van der Waals surface area contributed by atoms with E-state index in [2.05, 4.69) is 15.6 Å². The summed E-state index contributed by atoms with van der Waals surface area (Å²) in [7, 11) is 0. The lowest BCUT2D eigenvalue weighted by Crippen LogP contribution is -2.29. The van der Waals surface area contributed by atoms with E-state index in [9.17, 15) is 4.79 Å². The summed E-state index contributed by atoms with van der Waals surface area (Å²) >= 11 is 18.1. The second-order valence-electron chi connectivity index (χ2n) is 8.06. The van der Waals surface area contributed by atoms with Gasteiger partial charge in [-0.25, -0.2) is 0 Å². The van der Waals surface area contributed by atoms with Gasteiger partial charge >= 0.3 is 0 Å². The number of aromatic nitrogens is 1. The molecule has 2 aromatic carbocycles. The van der Waals surface area contributed by atoms with Crippen LogP contribution in [0.4, 0.5) is 11.4 Å². The van der Waals surface area contributed by atoms with Crippen LogP contribution in [0.5, 0.6) is 0 Å². The molecule has 2 N–H and O–H groups in total. The summed E-state index contributed by atoms with van der Waals surface area (Å²) in [6.45, 7) is 1.48. The zero-order valence-electron chi connectivity index (χ0n) is 18.5. The number of carbonyl (C=O) groups is 1. The number of nitrogens with zero attached hydrogens (tertiary/aromatic N) is 2. The van der Waals surface area contributed by atoms with Crippen LogP contribution in [-0.2, 0) is 4.79 Å². The molecule has 1 amide bonds. The highest BCUT2D eigenvalue weighted by molar-refractivity contribution is 7.80. The van der Waals surface area contributed by atoms with E-state index in [0.29, 0.717) is 32.4 Å². The highest BCUT2D eigenvalue weighted by Gasteiger charge is 2.42. The minimum atomic E-state index is -0.305. The van der Waals surface area contributed by atoms with E-state index in [4.69, 9.17) is 39.8 Å². The van der Waals surface area contributed by atoms with Crippen molar-refractivity contribution >= 4 is 57.8 Å². The summed E-state index contributed by atoms with van der Waals surface area (Å²) in [5.41, 5.74) is 3.22. The number of benzene rings is 2. The Labute approximate surface area is 217 Å². The second kappa shape index (κ2) is 9.70. The second-order valence-corrected chi connectivity index (χ2v) is 9.26. The molecule has 35 heavy (non-hydrogen) atoms. The minimum absolute atomic E-state index is 0.130. The van der Waals surface area contributed by atoms with Gasteiger partial charge in [-0.05, 0) is 78.9 Å². The van der Waals surface area contributed by atoms with Crippen molar-refractivity contribution < 1.29 is 9.21 Å². The van der Waals surface area contributed by atoms with E-state index in [0.717, 1.165) is 16.9 Å².